The molecule has 1 aliphatic heterocycles. The first-order chi connectivity index (χ1) is 14.8. The monoisotopic (exact) mass is 469 g/mol. The van der Waals surface area contributed by atoms with Gasteiger partial charge in [0.2, 0.25) is 0 Å². The van der Waals surface area contributed by atoms with Gasteiger partial charge in [-0.1, -0.05) is 24.3 Å². The molecule has 0 saturated heterocycles. The summed E-state index contributed by atoms with van der Waals surface area (Å²) in [7, 11) is -7.63. The highest BCUT2D eigenvalue weighted by atomic mass is 32.2. The van der Waals surface area contributed by atoms with E-state index in [1.807, 2.05) is 6.07 Å². The van der Waals surface area contributed by atoms with E-state index >= 15 is 0 Å². The minimum atomic E-state index is -4.02. The van der Waals surface area contributed by atoms with Crippen LogP contribution in [0.5, 0.6) is 0 Å². The quantitative estimate of drug-likeness (QED) is 0.491. The Hall–Kier alpha value is -3.13. The van der Waals surface area contributed by atoms with Crippen LogP contribution in [0.2, 0.25) is 0 Å². The molecule has 31 heavy (non-hydrogen) atoms. The normalized spacial score (nSPS) is 15.5. The first kappa shape index (κ1) is 19.8. The largest absolute Gasteiger partial charge is 0.344 e. The number of aromatic amines is 1. The summed E-state index contributed by atoms with van der Waals surface area (Å²) >= 11 is 1.26. The summed E-state index contributed by atoms with van der Waals surface area (Å²) in [5.41, 5.74) is 1.45. The van der Waals surface area contributed by atoms with E-state index in [4.69, 9.17) is 5.26 Å². The fourth-order valence-corrected chi connectivity index (χ4v) is 7.54. The summed E-state index contributed by atoms with van der Waals surface area (Å²) in [4.78, 5) is 4.19. The maximum atomic E-state index is 13.5. The zero-order valence-electron chi connectivity index (χ0n) is 15.9. The van der Waals surface area contributed by atoms with Crippen molar-refractivity contribution in [2.75, 3.05) is 16.6 Å². The van der Waals surface area contributed by atoms with E-state index in [-0.39, 0.29) is 27.9 Å². The second-order valence-corrected chi connectivity index (χ2v) is 12.1. The van der Waals surface area contributed by atoms with Crippen molar-refractivity contribution < 1.29 is 16.8 Å². The van der Waals surface area contributed by atoms with Gasteiger partial charge in [0.1, 0.15) is 10.9 Å². The topological polar surface area (TPSA) is 111 Å². The van der Waals surface area contributed by atoms with E-state index in [0.29, 0.717) is 16.0 Å². The second-order valence-electron chi connectivity index (χ2n) is 7.08. The predicted molar refractivity (Wildman–Crippen MR) is 119 cm³/mol. The first-order valence-electron chi connectivity index (χ1n) is 9.27. The van der Waals surface area contributed by atoms with Crippen LogP contribution in [0.25, 0.3) is 21.3 Å². The van der Waals surface area contributed by atoms with Gasteiger partial charge in [-0.25, -0.2) is 8.42 Å². The number of sulfone groups is 1. The summed E-state index contributed by atoms with van der Waals surface area (Å²) in [5.74, 6) is -0.295. The Kier molecular flexibility index (Phi) is 4.44. The molecule has 156 valence electrons. The molecule has 0 saturated carbocycles. The van der Waals surface area contributed by atoms with E-state index < -0.39 is 19.9 Å². The van der Waals surface area contributed by atoms with Crippen molar-refractivity contribution in [1.29, 1.82) is 5.26 Å². The lowest BCUT2D eigenvalue weighted by Crippen LogP contribution is -2.39. The van der Waals surface area contributed by atoms with Crippen molar-refractivity contribution in [3.63, 3.8) is 0 Å². The van der Waals surface area contributed by atoms with Gasteiger partial charge in [0, 0.05) is 22.3 Å². The lowest BCUT2D eigenvalue weighted by molar-refractivity contribution is 0.582. The van der Waals surface area contributed by atoms with E-state index in [1.54, 1.807) is 48.5 Å². The average molecular weight is 470 g/mol. The van der Waals surface area contributed by atoms with Crippen molar-refractivity contribution >= 4 is 47.8 Å². The number of hydrogen-bond donors (Lipinski definition) is 1. The summed E-state index contributed by atoms with van der Waals surface area (Å²) in [6.45, 7) is -0.176. The fourth-order valence-electron chi connectivity index (χ4n) is 3.67. The minimum absolute atomic E-state index is 0.00670. The van der Waals surface area contributed by atoms with E-state index in [1.165, 1.54) is 17.4 Å². The number of benzene rings is 2. The molecule has 10 heteroatoms. The third-order valence-corrected chi connectivity index (χ3v) is 9.71. The molecule has 0 atom stereocenters. The zero-order chi connectivity index (χ0) is 21.8. The molecule has 0 spiro atoms. The van der Waals surface area contributed by atoms with Crippen LogP contribution in [-0.4, -0.2) is 34.1 Å². The van der Waals surface area contributed by atoms with Gasteiger partial charge in [-0.3, -0.25) is 4.31 Å². The third-order valence-electron chi connectivity index (χ3n) is 5.20. The molecule has 0 fully saturated rings. The Morgan fingerprint density at radius 2 is 1.87 bits per heavy atom. The maximum absolute atomic E-state index is 13.5. The molecule has 5 rings (SSSR count). The number of anilines is 1. The van der Waals surface area contributed by atoms with E-state index in [0.717, 1.165) is 14.6 Å². The maximum Gasteiger partial charge on any atom is 0.279 e. The van der Waals surface area contributed by atoms with Gasteiger partial charge in [-0.05, 0) is 42.0 Å². The fraction of sp³-hybridized carbons (Fsp3) is 0.0952. The molecular formula is C21H15N3O4S3. The highest BCUT2D eigenvalue weighted by molar-refractivity contribution is 7.94. The van der Waals surface area contributed by atoms with E-state index in [9.17, 15) is 16.8 Å². The molecular weight excluding hydrogens is 454 g/mol. The zero-order valence-corrected chi connectivity index (χ0v) is 18.4. The second kappa shape index (κ2) is 6.95. The van der Waals surface area contributed by atoms with Gasteiger partial charge in [-0.2, -0.15) is 13.7 Å². The number of thiophene rings is 1. The summed E-state index contributed by atoms with van der Waals surface area (Å²) < 4.78 is 53.4. The number of para-hydroxylation sites is 1. The van der Waals surface area contributed by atoms with Crippen LogP contribution < -0.4 is 4.31 Å². The highest BCUT2D eigenvalue weighted by Gasteiger charge is 2.36. The first-order valence-corrected chi connectivity index (χ1v) is 13.2. The molecule has 0 aliphatic carbocycles. The van der Waals surface area contributed by atoms with Crippen molar-refractivity contribution in [3.8, 4) is 16.5 Å². The summed E-state index contributed by atoms with van der Waals surface area (Å²) in [5, 5.41) is 9.84. The van der Waals surface area contributed by atoms with Crippen molar-refractivity contribution in [2.45, 2.75) is 9.92 Å². The lowest BCUT2D eigenvalue weighted by atomic mass is 10.1. The Labute approximate surface area is 183 Å². The number of hydrogen-bond acceptors (Lipinski definition) is 6. The molecule has 0 bridgehead atoms. The lowest BCUT2D eigenvalue weighted by Gasteiger charge is -2.30. The number of nitrogens with one attached hydrogen (secondary N) is 1. The molecule has 1 aliphatic rings. The number of nitriles is 1. The molecule has 4 aromatic rings. The van der Waals surface area contributed by atoms with Gasteiger partial charge in [0.15, 0.2) is 14.9 Å². The number of aromatic nitrogens is 1. The molecule has 0 unspecified atom stereocenters. The Balaban J connectivity index is 1.67. The Bertz CT molecular complexity index is 1560. The van der Waals surface area contributed by atoms with Crippen LogP contribution in [0.3, 0.4) is 0 Å². The number of nitrogens with zero attached hydrogens (tertiary/aromatic N) is 2. The van der Waals surface area contributed by atoms with E-state index in [2.05, 4.69) is 11.1 Å². The van der Waals surface area contributed by atoms with Crippen LogP contribution in [0.15, 0.2) is 70.6 Å². The SMILES string of the molecule is N#Cc1ccc(-c2ccc3c(c2)N(S(=O)(=O)c2cc4ccccc4[nH]2)CCS3(=O)=O)s1. The minimum Gasteiger partial charge on any atom is -0.344 e. The van der Waals surface area contributed by atoms with Crippen LogP contribution in [-0.2, 0) is 19.9 Å². The van der Waals surface area contributed by atoms with Gasteiger partial charge in [0.25, 0.3) is 10.0 Å². The number of rotatable bonds is 3. The van der Waals surface area contributed by atoms with Crippen LogP contribution in [0, 0.1) is 11.3 Å². The Morgan fingerprint density at radius 1 is 1.06 bits per heavy atom. The summed E-state index contributed by atoms with van der Waals surface area (Å²) in [6.07, 6.45) is 0. The standard InChI is InChI=1S/C21H15N3O4S3/c22-13-16-6-7-19(29-16)15-5-8-20-18(11-15)24(9-10-30(20,25)26)31(27,28)21-12-14-3-1-2-4-17(14)23-21/h1-8,11-12,23H,9-10H2. The third kappa shape index (κ3) is 3.22. The number of H-pyrrole nitrogens is 1. The van der Waals surface area contributed by atoms with Crippen molar-refractivity contribution in [1.82, 2.24) is 4.98 Å². The van der Waals surface area contributed by atoms with Gasteiger partial charge in [0.05, 0.1) is 16.3 Å². The van der Waals surface area contributed by atoms with Crippen LogP contribution in [0.1, 0.15) is 4.88 Å². The smallest absolute Gasteiger partial charge is 0.279 e. The van der Waals surface area contributed by atoms with Crippen molar-refractivity contribution in [3.05, 3.63) is 65.5 Å². The molecule has 7 nitrogen and oxygen atoms in total. The molecule has 3 heterocycles. The average Bonchev–Trinajstić information content (AvgIpc) is 3.40. The molecule has 0 amide bonds. The highest BCUT2D eigenvalue weighted by Crippen LogP contribution is 2.39. The Morgan fingerprint density at radius 3 is 2.61 bits per heavy atom. The predicted octanol–water partition coefficient (Wildman–Crippen LogP) is 3.75. The molecule has 2 aromatic carbocycles. The van der Waals surface area contributed by atoms with Crippen LogP contribution in [0.4, 0.5) is 5.69 Å². The number of sulfonamides is 1. The van der Waals surface area contributed by atoms with Crippen molar-refractivity contribution in [2.24, 2.45) is 0 Å². The summed E-state index contributed by atoms with van der Waals surface area (Å²) in [6, 6.07) is 18.9. The van der Waals surface area contributed by atoms with Gasteiger partial charge < -0.3 is 4.98 Å². The van der Waals surface area contributed by atoms with Gasteiger partial charge >= 0.3 is 0 Å². The molecule has 1 N–H and O–H groups in total. The molecule has 0 radical (unpaired) electrons. The van der Waals surface area contributed by atoms with Crippen LogP contribution >= 0.6 is 11.3 Å². The number of fused-ring (bicyclic) bond motifs is 2. The van der Waals surface area contributed by atoms with Gasteiger partial charge in [-0.15, -0.1) is 11.3 Å². The molecule has 2 aromatic heterocycles.